The van der Waals surface area contributed by atoms with Gasteiger partial charge in [0.05, 0.1) is 6.61 Å². The average Bonchev–Trinajstić information content (AvgIpc) is 2.86. The monoisotopic (exact) mass is 459 g/mol. The molecule has 5 nitrogen and oxygen atoms in total. The lowest BCUT2D eigenvalue weighted by Crippen LogP contribution is -2.44. The molecule has 2 heterocycles. The highest BCUT2D eigenvalue weighted by Crippen LogP contribution is 2.30. The summed E-state index contributed by atoms with van der Waals surface area (Å²) in [6, 6.07) is 21.3. The molecular formula is C29H37N3O2. The van der Waals surface area contributed by atoms with Crippen molar-refractivity contribution in [2.24, 2.45) is 5.92 Å². The van der Waals surface area contributed by atoms with Crippen molar-refractivity contribution in [2.45, 2.75) is 45.3 Å². The molecule has 3 aromatic rings. The lowest BCUT2D eigenvalue weighted by atomic mass is 9.84. The summed E-state index contributed by atoms with van der Waals surface area (Å²) in [7, 11) is 2.26. The van der Waals surface area contributed by atoms with Crippen molar-refractivity contribution in [2.75, 3.05) is 26.7 Å². The molecule has 0 amide bonds. The summed E-state index contributed by atoms with van der Waals surface area (Å²) in [5.74, 6) is 1.44. The summed E-state index contributed by atoms with van der Waals surface area (Å²) in [6.45, 7) is 6.47. The number of hydrogen-bond donors (Lipinski definition) is 1. The van der Waals surface area contributed by atoms with E-state index in [1.165, 1.54) is 29.5 Å². The first kappa shape index (κ1) is 24.2. The fourth-order valence-corrected chi connectivity index (χ4v) is 5.12. The zero-order chi connectivity index (χ0) is 23.8. The van der Waals surface area contributed by atoms with Gasteiger partial charge in [-0.15, -0.1) is 0 Å². The fraction of sp³-hybridized carbons (Fsp3) is 0.414. The van der Waals surface area contributed by atoms with Crippen LogP contribution in [-0.4, -0.2) is 52.7 Å². The van der Waals surface area contributed by atoms with Crippen LogP contribution in [-0.2, 0) is 19.5 Å². The maximum atomic E-state index is 10.00. The molecule has 0 radical (unpaired) electrons. The van der Waals surface area contributed by atoms with Crippen LogP contribution in [0.2, 0.25) is 0 Å². The Labute approximate surface area is 204 Å². The van der Waals surface area contributed by atoms with Gasteiger partial charge in [-0.05, 0) is 87.1 Å². The van der Waals surface area contributed by atoms with E-state index in [9.17, 15) is 5.11 Å². The van der Waals surface area contributed by atoms with E-state index < -0.39 is 0 Å². The lowest BCUT2D eigenvalue weighted by molar-refractivity contribution is 0.0953. The predicted octanol–water partition coefficient (Wildman–Crippen LogP) is 5.14. The molecule has 2 aromatic carbocycles. The second-order valence-electron chi connectivity index (χ2n) is 9.38. The molecular weight excluding hydrogens is 422 g/mol. The highest BCUT2D eigenvalue weighted by atomic mass is 16.5. The van der Waals surface area contributed by atoms with E-state index in [-0.39, 0.29) is 5.75 Å². The average molecular weight is 460 g/mol. The van der Waals surface area contributed by atoms with Gasteiger partial charge in [-0.25, -0.2) is 0 Å². The third-order valence-corrected chi connectivity index (χ3v) is 6.92. The Balaban J connectivity index is 1.40. The van der Waals surface area contributed by atoms with E-state index in [0.29, 0.717) is 24.3 Å². The molecule has 1 aliphatic rings. The van der Waals surface area contributed by atoms with Crippen molar-refractivity contribution in [3.63, 3.8) is 0 Å². The number of likely N-dealkylation sites (N-methyl/N-ethyl adjacent to an activating group) is 1. The minimum absolute atomic E-state index is 0.213. The number of rotatable bonds is 10. The Bertz CT molecular complexity index is 1000. The fourth-order valence-electron chi connectivity index (χ4n) is 5.12. The molecule has 0 saturated carbocycles. The molecule has 1 atom stereocenters. The van der Waals surface area contributed by atoms with Gasteiger partial charge in [-0.1, -0.05) is 42.5 Å². The number of aromatic nitrogens is 1. The van der Waals surface area contributed by atoms with Gasteiger partial charge in [0, 0.05) is 31.5 Å². The second kappa shape index (κ2) is 12.0. The van der Waals surface area contributed by atoms with Crippen LogP contribution in [0.4, 0.5) is 0 Å². The smallest absolute Gasteiger partial charge is 0.161 e. The Kier molecular flexibility index (Phi) is 8.56. The van der Waals surface area contributed by atoms with Gasteiger partial charge in [-0.2, -0.15) is 0 Å². The Hall–Kier alpha value is -2.89. The first-order valence-electron chi connectivity index (χ1n) is 12.4. The number of nitrogens with zero attached hydrogens (tertiary/aromatic N) is 3. The van der Waals surface area contributed by atoms with Crippen LogP contribution in [0.5, 0.6) is 11.5 Å². The van der Waals surface area contributed by atoms with Gasteiger partial charge in [0.15, 0.2) is 11.5 Å². The largest absolute Gasteiger partial charge is 0.504 e. The van der Waals surface area contributed by atoms with Crippen molar-refractivity contribution in [3.8, 4) is 11.5 Å². The first-order valence-corrected chi connectivity index (χ1v) is 12.4. The van der Waals surface area contributed by atoms with Crippen molar-refractivity contribution >= 4 is 0 Å². The number of benzene rings is 2. The Morgan fingerprint density at radius 2 is 1.79 bits per heavy atom. The molecule has 1 aliphatic heterocycles. The molecule has 0 spiro atoms. The molecule has 1 N–H and O–H groups in total. The van der Waals surface area contributed by atoms with E-state index >= 15 is 0 Å². The summed E-state index contributed by atoms with van der Waals surface area (Å²) < 4.78 is 5.57. The van der Waals surface area contributed by atoms with E-state index in [0.717, 1.165) is 32.6 Å². The number of phenols is 1. The van der Waals surface area contributed by atoms with E-state index in [4.69, 9.17) is 4.74 Å². The van der Waals surface area contributed by atoms with Gasteiger partial charge in [0.2, 0.25) is 0 Å². The number of hydrogen-bond acceptors (Lipinski definition) is 5. The molecule has 1 unspecified atom stereocenters. The number of piperidine rings is 1. The Morgan fingerprint density at radius 3 is 2.50 bits per heavy atom. The molecule has 1 aromatic heterocycles. The third-order valence-electron chi connectivity index (χ3n) is 6.92. The van der Waals surface area contributed by atoms with Crippen LogP contribution in [0.3, 0.4) is 0 Å². The molecule has 1 saturated heterocycles. The minimum Gasteiger partial charge on any atom is -0.504 e. The summed E-state index contributed by atoms with van der Waals surface area (Å²) in [5.41, 5.74) is 3.85. The minimum atomic E-state index is 0.213. The predicted molar refractivity (Wildman–Crippen MR) is 137 cm³/mol. The highest BCUT2D eigenvalue weighted by Gasteiger charge is 2.29. The molecule has 4 rings (SSSR count). The van der Waals surface area contributed by atoms with Crippen LogP contribution in [0.15, 0.2) is 73.1 Å². The van der Waals surface area contributed by atoms with E-state index in [2.05, 4.69) is 58.2 Å². The van der Waals surface area contributed by atoms with Crippen molar-refractivity contribution in [1.29, 1.82) is 0 Å². The number of likely N-dealkylation sites (tertiary alicyclic amines) is 1. The zero-order valence-corrected chi connectivity index (χ0v) is 20.4. The summed E-state index contributed by atoms with van der Waals surface area (Å²) >= 11 is 0. The quantitative estimate of drug-likeness (QED) is 0.455. The summed E-state index contributed by atoms with van der Waals surface area (Å²) in [4.78, 5) is 9.36. The van der Waals surface area contributed by atoms with Gasteiger partial charge < -0.3 is 9.84 Å². The topological polar surface area (TPSA) is 48.8 Å². The lowest BCUT2D eigenvalue weighted by Gasteiger charge is -2.40. The van der Waals surface area contributed by atoms with Crippen LogP contribution >= 0.6 is 0 Å². The summed E-state index contributed by atoms with van der Waals surface area (Å²) in [6.07, 6.45) is 7.26. The molecule has 5 heteroatoms. The van der Waals surface area contributed by atoms with Gasteiger partial charge in [0.1, 0.15) is 0 Å². The SMILES string of the molecule is CCOc1cc(CN2CCC(C(Cc3ccccc3)N(C)Cc3cccnc3)CC2)ccc1O. The standard InChI is InChI=1S/C29H37N3O2/c1-3-34-29-19-24(11-12-28(29)33)22-32-16-13-26(14-17-32)27(18-23-8-5-4-6-9-23)31(2)21-25-10-7-15-30-20-25/h4-12,15,19-20,26-27,33H,3,13-14,16-18,21-22H2,1-2H3. The number of aromatic hydroxyl groups is 1. The van der Waals surface area contributed by atoms with Gasteiger partial charge in [-0.3, -0.25) is 14.8 Å². The number of pyridine rings is 1. The molecule has 1 fully saturated rings. The van der Waals surface area contributed by atoms with Crippen LogP contribution in [0, 0.1) is 5.92 Å². The van der Waals surface area contributed by atoms with E-state index in [1.807, 2.05) is 37.5 Å². The molecule has 34 heavy (non-hydrogen) atoms. The van der Waals surface area contributed by atoms with Crippen LogP contribution in [0.1, 0.15) is 36.5 Å². The zero-order valence-electron chi connectivity index (χ0n) is 20.4. The normalized spacial score (nSPS) is 16.0. The molecule has 180 valence electrons. The summed E-state index contributed by atoms with van der Waals surface area (Å²) in [5, 5.41) is 10.00. The van der Waals surface area contributed by atoms with Crippen LogP contribution in [0.25, 0.3) is 0 Å². The van der Waals surface area contributed by atoms with Crippen molar-refractivity contribution in [3.05, 3.63) is 89.7 Å². The maximum Gasteiger partial charge on any atom is 0.161 e. The Morgan fingerprint density at radius 1 is 1.03 bits per heavy atom. The number of phenolic OH excluding ortho intramolecular Hbond substituents is 1. The van der Waals surface area contributed by atoms with Gasteiger partial charge >= 0.3 is 0 Å². The molecule has 0 bridgehead atoms. The maximum absolute atomic E-state index is 10.00. The van der Waals surface area contributed by atoms with Crippen molar-refractivity contribution < 1.29 is 9.84 Å². The third kappa shape index (κ3) is 6.58. The van der Waals surface area contributed by atoms with E-state index in [1.54, 1.807) is 6.07 Å². The highest BCUT2D eigenvalue weighted by molar-refractivity contribution is 5.41. The van der Waals surface area contributed by atoms with Crippen molar-refractivity contribution in [1.82, 2.24) is 14.8 Å². The number of ether oxygens (including phenoxy) is 1. The van der Waals surface area contributed by atoms with Crippen LogP contribution < -0.4 is 4.74 Å². The first-order chi connectivity index (χ1) is 16.6. The molecule has 0 aliphatic carbocycles. The van der Waals surface area contributed by atoms with Gasteiger partial charge in [0.25, 0.3) is 0 Å². The second-order valence-corrected chi connectivity index (χ2v) is 9.38.